The summed E-state index contributed by atoms with van der Waals surface area (Å²) in [6.07, 6.45) is 7.45. The molecule has 1 heteroatoms. The minimum atomic E-state index is 0.237. The Morgan fingerprint density at radius 2 is 2.13 bits per heavy atom. The first-order chi connectivity index (χ1) is 7.31. The van der Waals surface area contributed by atoms with Gasteiger partial charge >= 0.3 is 0 Å². The van der Waals surface area contributed by atoms with Crippen LogP contribution in [0.25, 0.3) is 0 Å². The summed E-state index contributed by atoms with van der Waals surface area (Å²) >= 11 is 0. The van der Waals surface area contributed by atoms with Gasteiger partial charge in [-0.3, -0.25) is 0 Å². The number of hydrogen-bond acceptors (Lipinski definition) is 1. The molecule has 3 rings (SSSR count). The van der Waals surface area contributed by atoms with Crippen LogP contribution in [0.1, 0.15) is 43.7 Å². The maximum absolute atomic E-state index is 6.15. The van der Waals surface area contributed by atoms with Crippen molar-refractivity contribution in [1.82, 2.24) is 0 Å². The van der Waals surface area contributed by atoms with Gasteiger partial charge in [0, 0.05) is 0 Å². The van der Waals surface area contributed by atoms with E-state index in [9.17, 15) is 0 Å². The Morgan fingerprint density at radius 3 is 2.80 bits per heavy atom. The van der Waals surface area contributed by atoms with Crippen molar-refractivity contribution in [2.75, 3.05) is 0 Å². The fourth-order valence-electron chi connectivity index (χ4n) is 2.72. The van der Waals surface area contributed by atoms with Crippen LogP contribution < -0.4 is 4.74 Å². The highest BCUT2D eigenvalue weighted by Crippen LogP contribution is 2.44. The second-order valence-corrected chi connectivity index (χ2v) is 4.93. The molecule has 1 fully saturated rings. The van der Waals surface area contributed by atoms with Crippen LogP contribution in [0.5, 0.6) is 5.75 Å². The first-order valence-electron chi connectivity index (χ1n) is 6.12. The van der Waals surface area contributed by atoms with E-state index >= 15 is 0 Å². The molecular formula is C14H18O. The predicted octanol–water partition coefficient (Wildman–Crippen LogP) is 3.50. The standard InChI is InChI=1S/C14H18O/c1-2-11-4-5-13-12(10-11)6-9-14(15-13)7-3-8-14/h4-5,10H,2-3,6-9H2,1H3. The molecule has 1 nitrogen and oxygen atoms in total. The lowest BCUT2D eigenvalue weighted by molar-refractivity contribution is -0.0249. The number of fused-ring (bicyclic) bond motifs is 1. The van der Waals surface area contributed by atoms with Crippen LogP contribution in [-0.4, -0.2) is 5.60 Å². The SMILES string of the molecule is CCc1ccc2c(c1)CCC1(CCC1)O2. The van der Waals surface area contributed by atoms with Crippen LogP contribution in [0, 0.1) is 0 Å². The van der Waals surface area contributed by atoms with E-state index < -0.39 is 0 Å². The Balaban J connectivity index is 1.90. The van der Waals surface area contributed by atoms with Crippen LogP contribution in [0.4, 0.5) is 0 Å². The molecule has 1 aliphatic heterocycles. The van der Waals surface area contributed by atoms with E-state index in [0.717, 1.165) is 12.2 Å². The Labute approximate surface area is 91.5 Å². The molecule has 0 aromatic heterocycles. The predicted molar refractivity (Wildman–Crippen MR) is 61.4 cm³/mol. The summed E-state index contributed by atoms with van der Waals surface area (Å²) < 4.78 is 6.15. The summed E-state index contributed by atoms with van der Waals surface area (Å²) in [5, 5.41) is 0. The van der Waals surface area contributed by atoms with Crippen molar-refractivity contribution in [3.63, 3.8) is 0 Å². The Kier molecular flexibility index (Phi) is 2.01. The molecule has 1 aromatic rings. The lowest BCUT2D eigenvalue weighted by Gasteiger charge is -2.45. The van der Waals surface area contributed by atoms with E-state index in [1.165, 1.54) is 43.2 Å². The molecule has 1 aliphatic carbocycles. The van der Waals surface area contributed by atoms with Gasteiger partial charge < -0.3 is 4.74 Å². The van der Waals surface area contributed by atoms with Crippen molar-refractivity contribution in [3.8, 4) is 5.75 Å². The molecule has 1 saturated carbocycles. The lowest BCUT2D eigenvalue weighted by Crippen LogP contribution is -2.45. The van der Waals surface area contributed by atoms with Crippen molar-refractivity contribution in [2.45, 2.75) is 51.0 Å². The molecule has 1 heterocycles. The van der Waals surface area contributed by atoms with Crippen molar-refractivity contribution < 1.29 is 4.74 Å². The second-order valence-electron chi connectivity index (χ2n) is 4.93. The van der Waals surface area contributed by atoms with Gasteiger partial charge in [0.05, 0.1) is 0 Å². The van der Waals surface area contributed by atoms with E-state index in [0.29, 0.717) is 0 Å². The average Bonchev–Trinajstić information content (AvgIpc) is 2.25. The summed E-state index contributed by atoms with van der Waals surface area (Å²) in [5.41, 5.74) is 3.09. The van der Waals surface area contributed by atoms with Gasteiger partial charge in [0.25, 0.3) is 0 Å². The molecule has 0 bridgehead atoms. The van der Waals surface area contributed by atoms with Crippen molar-refractivity contribution in [2.24, 2.45) is 0 Å². The van der Waals surface area contributed by atoms with Gasteiger partial charge in [-0.1, -0.05) is 19.1 Å². The number of rotatable bonds is 1. The second kappa shape index (κ2) is 3.26. The van der Waals surface area contributed by atoms with Crippen LogP contribution in [0.3, 0.4) is 0 Å². The maximum Gasteiger partial charge on any atom is 0.123 e. The molecule has 15 heavy (non-hydrogen) atoms. The molecule has 0 radical (unpaired) electrons. The zero-order valence-electron chi connectivity index (χ0n) is 9.38. The van der Waals surface area contributed by atoms with Crippen molar-refractivity contribution in [1.29, 1.82) is 0 Å². The Hall–Kier alpha value is -0.980. The summed E-state index contributed by atoms with van der Waals surface area (Å²) in [5.74, 6) is 1.15. The molecule has 1 aromatic carbocycles. The minimum absolute atomic E-state index is 0.237. The van der Waals surface area contributed by atoms with Crippen LogP contribution in [0.15, 0.2) is 18.2 Å². The highest BCUT2D eigenvalue weighted by Gasteiger charge is 2.41. The molecule has 0 atom stereocenters. The van der Waals surface area contributed by atoms with Gasteiger partial charge in [-0.2, -0.15) is 0 Å². The lowest BCUT2D eigenvalue weighted by atomic mass is 9.74. The normalized spacial score (nSPS) is 21.7. The molecule has 0 unspecified atom stereocenters. The third kappa shape index (κ3) is 1.45. The van der Waals surface area contributed by atoms with Crippen LogP contribution >= 0.6 is 0 Å². The number of ether oxygens (including phenoxy) is 1. The molecule has 0 saturated heterocycles. The summed E-state index contributed by atoms with van der Waals surface area (Å²) in [6.45, 7) is 2.21. The molecular weight excluding hydrogens is 184 g/mol. The van der Waals surface area contributed by atoms with Crippen LogP contribution in [-0.2, 0) is 12.8 Å². The Morgan fingerprint density at radius 1 is 1.27 bits per heavy atom. The average molecular weight is 202 g/mol. The third-order valence-corrected chi connectivity index (χ3v) is 3.97. The highest BCUT2D eigenvalue weighted by molar-refractivity contribution is 5.40. The smallest absolute Gasteiger partial charge is 0.123 e. The minimum Gasteiger partial charge on any atom is -0.487 e. The summed E-state index contributed by atoms with van der Waals surface area (Å²) in [6, 6.07) is 6.70. The van der Waals surface area contributed by atoms with E-state index in [4.69, 9.17) is 4.74 Å². The van der Waals surface area contributed by atoms with Crippen molar-refractivity contribution in [3.05, 3.63) is 29.3 Å². The number of aryl methyl sites for hydroxylation is 2. The zero-order chi connectivity index (χ0) is 10.3. The van der Waals surface area contributed by atoms with Gasteiger partial charge in [-0.25, -0.2) is 0 Å². The fourth-order valence-corrected chi connectivity index (χ4v) is 2.72. The number of hydrogen-bond donors (Lipinski definition) is 0. The fraction of sp³-hybridized carbons (Fsp3) is 0.571. The van der Waals surface area contributed by atoms with Gasteiger partial charge in [0.1, 0.15) is 11.4 Å². The van der Waals surface area contributed by atoms with E-state index in [-0.39, 0.29) is 5.60 Å². The van der Waals surface area contributed by atoms with Crippen LogP contribution in [0.2, 0.25) is 0 Å². The van der Waals surface area contributed by atoms with E-state index in [1.807, 2.05) is 0 Å². The summed E-state index contributed by atoms with van der Waals surface area (Å²) in [7, 11) is 0. The molecule has 0 amide bonds. The van der Waals surface area contributed by atoms with E-state index in [1.54, 1.807) is 0 Å². The quantitative estimate of drug-likeness (QED) is 0.677. The van der Waals surface area contributed by atoms with Gasteiger partial charge in [0.15, 0.2) is 0 Å². The van der Waals surface area contributed by atoms with Gasteiger partial charge in [-0.05, 0) is 55.7 Å². The molecule has 0 N–H and O–H groups in total. The first kappa shape index (κ1) is 9.26. The third-order valence-electron chi connectivity index (χ3n) is 3.97. The zero-order valence-corrected chi connectivity index (χ0v) is 9.38. The topological polar surface area (TPSA) is 9.23 Å². The van der Waals surface area contributed by atoms with E-state index in [2.05, 4.69) is 25.1 Å². The highest BCUT2D eigenvalue weighted by atomic mass is 16.5. The first-order valence-corrected chi connectivity index (χ1v) is 6.12. The maximum atomic E-state index is 6.15. The summed E-state index contributed by atoms with van der Waals surface area (Å²) in [4.78, 5) is 0. The monoisotopic (exact) mass is 202 g/mol. The Bertz CT molecular complexity index is 377. The molecule has 1 spiro atoms. The molecule has 2 aliphatic rings. The van der Waals surface area contributed by atoms with Crippen molar-refractivity contribution >= 4 is 0 Å². The largest absolute Gasteiger partial charge is 0.487 e. The number of benzene rings is 1. The van der Waals surface area contributed by atoms with Gasteiger partial charge in [-0.15, -0.1) is 0 Å². The van der Waals surface area contributed by atoms with Gasteiger partial charge in [0.2, 0.25) is 0 Å². The molecule has 80 valence electrons.